The Hall–Kier alpha value is 2.57. The second-order valence-electron chi connectivity index (χ2n) is 7.46. The first-order valence-electron chi connectivity index (χ1n) is 8.72. The summed E-state index contributed by atoms with van der Waals surface area (Å²) in [5, 5.41) is 0. The third kappa shape index (κ3) is 3.63. The Balaban J connectivity index is 1.24. The van der Waals surface area contributed by atoms with Crippen LogP contribution in [0.5, 0.6) is 0 Å². The van der Waals surface area contributed by atoms with Crippen LogP contribution in [-0.4, -0.2) is 74.7 Å². The molecule has 0 aromatic carbocycles. The van der Waals surface area contributed by atoms with Gasteiger partial charge in [-0.1, -0.05) is 0 Å². The molecular formula is C15H26Bi3N2. The summed E-state index contributed by atoms with van der Waals surface area (Å²) in [6.45, 7) is 0. The number of hydrogen-bond acceptors (Lipinski definition) is 2. The van der Waals surface area contributed by atoms with Crippen molar-refractivity contribution in [1.29, 1.82) is 0 Å². The van der Waals surface area contributed by atoms with E-state index in [0.717, 1.165) is 6.04 Å². The zero-order valence-electron chi connectivity index (χ0n) is 12.2. The standard InChI is InChI=1S/C3H5N.4C3H5.3Bi.HN/c4-3-1-2-3;4*1-2-3-1;;;;/h3H,1-2H2;4*1H,2-3H2;;;;1H. The Bertz CT molecular complexity index is 349. The molecule has 0 unspecified atom stereocenters. The van der Waals surface area contributed by atoms with Crippen LogP contribution in [0.1, 0.15) is 64.2 Å². The summed E-state index contributed by atoms with van der Waals surface area (Å²) in [5.74, 6) is 0. The molecule has 0 aromatic rings. The van der Waals surface area contributed by atoms with E-state index in [4.69, 9.17) is 0 Å². The molecule has 0 spiro atoms. The fourth-order valence-corrected chi connectivity index (χ4v) is 70.8. The molecule has 5 fully saturated rings. The van der Waals surface area contributed by atoms with Gasteiger partial charge in [0.2, 0.25) is 0 Å². The number of nitrogens with one attached hydrogen (secondary N) is 1. The van der Waals surface area contributed by atoms with E-state index in [9.17, 15) is 0 Å². The molecule has 20 heavy (non-hydrogen) atoms. The maximum atomic E-state index is 4.47. The van der Waals surface area contributed by atoms with Gasteiger partial charge >= 0.3 is 155 Å². The molecule has 0 bridgehead atoms. The van der Waals surface area contributed by atoms with E-state index in [1.165, 1.54) is 14.5 Å². The van der Waals surface area contributed by atoms with Gasteiger partial charge in [0, 0.05) is 0 Å². The first-order valence-corrected chi connectivity index (χ1v) is 23.3. The Morgan fingerprint density at radius 1 is 0.700 bits per heavy atom. The van der Waals surface area contributed by atoms with Crippen LogP contribution in [0.3, 0.4) is 0 Å². The van der Waals surface area contributed by atoms with Crippen molar-refractivity contribution in [2.75, 3.05) is 0 Å². The molecule has 5 aliphatic carbocycles. The Morgan fingerprint density at radius 3 is 1.60 bits per heavy atom. The van der Waals surface area contributed by atoms with Crippen LogP contribution < -0.4 is 1.20 Å². The normalized spacial score (nSPS) is 30.8. The summed E-state index contributed by atoms with van der Waals surface area (Å²) < 4.78 is 13.2. The quantitative estimate of drug-likeness (QED) is 0.359. The SMILES string of the molecule is C1CC1[N]([Bi][NH][Bi]([CH]1CC1)[CH]1CC1)[Bi]([CH]1CC1)[CH]1CC1. The minimum absolute atomic E-state index is 0.423. The maximum absolute atomic E-state index is 4.47. The monoisotopic (exact) mass is 861 g/mol. The van der Waals surface area contributed by atoms with E-state index in [1.54, 1.807) is 64.2 Å². The van der Waals surface area contributed by atoms with Crippen LogP contribution >= 0.6 is 0 Å². The number of hydrogen-bond donors (Lipinski definition) is 1. The van der Waals surface area contributed by atoms with Crippen LogP contribution in [0.4, 0.5) is 0 Å². The molecule has 5 rings (SSSR count). The molecule has 0 heterocycles. The van der Waals surface area contributed by atoms with Gasteiger partial charge in [0.1, 0.15) is 0 Å². The summed E-state index contributed by atoms with van der Waals surface area (Å²) in [7, 11) is 0. The molecule has 2 nitrogen and oxygen atoms in total. The molecule has 1 N–H and O–H groups in total. The molecular weight excluding hydrogens is 835 g/mol. The van der Waals surface area contributed by atoms with E-state index >= 15 is 0 Å². The van der Waals surface area contributed by atoms with E-state index in [0.29, 0.717) is 0 Å². The van der Waals surface area contributed by atoms with Gasteiger partial charge in [-0.15, -0.1) is 0 Å². The van der Waals surface area contributed by atoms with Gasteiger partial charge in [0.05, 0.1) is 0 Å². The van der Waals surface area contributed by atoms with Crippen molar-refractivity contribution in [2.45, 2.75) is 84.8 Å². The van der Waals surface area contributed by atoms with Crippen molar-refractivity contribution in [3.05, 3.63) is 0 Å². The third-order valence-corrected chi connectivity index (χ3v) is 52.5. The van der Waals surface area contributed by atoms with Crippen LogP contribution in [0, 0.1) is 0 Å². The second kappa shape index (κ2) is 6.13. The molecule has 0 aliphatic heterocycles. The van der Waals surface area contributed by atoms with Crippen molar-refractivity contribution in [3.63, 3.8) is 0 Å². The molecule has 0 atom stereocenters. The Labute approximate surface area is 152 Å². The van der Waals surface area contributed by atoms with Gasteiger partial charge in [0.25, 0.3) is 0 Å². The Morgan fingerprint density at radius 2 is 1.20 bits per heavy atom. The van der Waals surface area contributed by atoms with Crippen LogP contribution in [0.2, 0.25) is 14.5 Å². The molecule has 0 saturated heterocycles. The van der Waals surface area contributed by atoms with E-state index in [-0.39, 0.29) is 0 Å². The molecule has 5 heteroatoms. The van der Waals surface area contributed by atoms with Gasteiger partial charge in [-0.05, 0) is 0 Å². The first kappa shape index (κ1) is 14.9. The molecule has 111 valence electrons. The van der Waals surface area contributed by atoms with Crippen molar-refractivity contribution in [3.8, 4) is 0 Å². The van der Waals surface area contributed by atoms with Gasteiger partial charge in [-0.3, -0.25) is 0 Å². The first-order chi connectivity index (χ1) is 9.90. The average Bonchev–Trinajstić information content (AvgIpc) is 3.31. The minimum atomic E-state index is -1.19. The fraction of sp³-hybridized carbons (Fsp3) is 1.00. The van der Waals surface area contributed by atoms with Crippen molar-refractivity contribution in [2.24, 2.45) is 0 Å². The molecule has 0 amide bonds. The van der Waals surface area contributed by atoms with Gasteiger partial charge in [-0.2, -0.15) is 0 Å². The van der Waals surface area contributed by atoms with Gasteiger partial charge in [0.15, 0.2) is 0 Å². The topological polar surface area (TPSA) is 15.3 Å². The number of rotatable bonds is 9. The molecule has 1 radical (unpaired) electrons. The zero-order valence-corrected chi connectivity index (χ0v) is 22.7. The van der Waals surface area contributed by atoms with Crippen molar-refractivity contribution >= 4 is 67.9 Å². The molecule has 0 aromatic heterocycles. The van der Waals surface area contributed by atoms with Gasteiger partial charge < -0.3 is 0 Å². The van der Waals surface area contributed by atoms with Crippen molar-refractivity contribution in [1.82, 2.24) is 1.99 Å². The molecule has 5 saturated carbocycles. The van der Waals surface area contributed by atoms with E-state index < -0.39 is 67.9 Å². The van der Waals surface area contributed by atoms with E-state index in [2.05, 4.69) is 1.99 Å². The fourth-order valence-electron chi connectivity index (χ4n) is 3.20. The summed E-state index contributed by atoms with van der Waals surface area (Å²) in [5.41, 5.74) is 0. The van der Waals surface area contributed by atoms with Crippen LogP contribution in [0.25, 0.3) is 0 Å². The summed E-state index contributed by atoms with van der Waals surface area (Å²) in [6, 6.07) is 1.16. The summed E-state index contributed by atoms with van der Waals surface area (Å²) in [4.78, 5) is 0. The van der Waals surface area contributed by atoms with Crippen LogP contribution in [0.15, 0.2) is 0 Å². The summed E-state index contributed by atoms with van der Waals surface area (Å²) >= 11 is -2.76. The summed E-state index contributed by atoms with van der Waals surface area (Å²) in [6.07, 6.45) is 16.4. The van der Waals surface area contributed by atoms with E-state index in [1.807, 2.05) is 0 Å². The average molecular weight is 861 g/mol. The predicted molar refractivity (Wildman–Crippen MR) is 87.2 cm³/mol. The zero-order chi connectivity index (χ0) is 13.1. The Kier molecular flexibility index (Phi) is 4.56. The van der Waals surface area contributed by atoms with Gasteiger partial charge in [-0.25, -0.2) is 0 Å². The predicted octanol–water partition coefficient (Wildman–Crippen LogP) is 3.21. The second-order valence-corrected chi connectivity index (χ2v) is 41.9. The van der Waals surface area contributed by atoms with Crippen LogP contribution in [-0.2, 0) is 0 Å². The van der Waals surface area contributed by atoms with Crippen molar-refractivity contribution < 1.29 is 0 Å². The third-order valence-electron chi connectivity index (χ3n) is 5.10. The molecule has 5 aliphatic rings. The number of nitrogens with zero attached hydrogens (tertiary/aromatic N) is 1.